The highest BCUT2D eigenvalue weighted by Gasteiger charge is 2.21. The summed E-state index contributed by atoms with van der Waals surface area (Å²) >= 11 is 0. The Kier molecular flexibility index (Phi) is 9.94. The molecule has 1 aromatic rings. The second kappa shape index (κ2) is 12.0. The van der Waals surface area contributed by atoms with Crippen LogP contribution in [0.5, 0.6) is 0 Å². The normalized spacial score (nSPS) is 16.5. The van der Waals surface area contributed by atoms with Crippen LogP contribution in [0.15, 0.2) is 49.1 Å². The monoisotopic (exact) mass is 346 g/mol. The number of aliphatic hydroxyl groups excluding tert-OH is 1. The summed E-state index contributed by atoms with van der Waals surface area (Å²) in [5.41, 5.74) is 1.45. The molecule has 136 valence electrons. The van der Waals surface area contributed by atoms with Crippen LogP contribution in [0.2, 0.25) is 0 Å². The van der Waals surface area contributed by atoms with Crippen LogP contribution in [0.3, 0.4) is 0 Å². The third-order valence-corrected chi connectivity index (χ3v) is 3.58. The van der Waals surface area contributed by atoms with Gasteiger partial charge >= 0.3 is 11.9 Å². The number of carbonyl (C=O) groups is 2. The van der Waals surface area contributed by atoms with Gasteiger partial charge in [-0.2, -0.15) is 0 Å². The molecule has 0 bridgehead atoms. The molecule has 1 heterocycles. The van der Waals surface area contributed by atoms with Crippen molar-refractivity contribution in [1.82, 2.24) is 0 Å². The molecule has 0 saturated carbocycles. The van der Waals surface area contributed by atoms with Crippen molar-refractivity contribution in [2.45, 2.75) is 38.2 Å². The molecule has 1 aliphatic heterocycles. The molecule has 2 rings (SSSR count). The second-order valence-corrected chi connectivity index (χ2v) is 5.64. The van der Waals surface area contributed by atoms with Gasteiger partial charge in [-0.15, -0.1) is 0 Å². The zero-order valence-corrected chi connectivity index (χ0v) is 14.5. The van der Waals surface area contributed by atoms with Gasteiger partial charge in [-0.25, -0.2) is 4.79 Å². The van der Waals surface area contributed by atoms with Gasteiger partial charge in [0.2, 0.25) is 0 Å². The molecule has 0 aromatic heterocycles. The summed E-state index contributed by atoms with van der Waals surface area (Å²) in [5.74, 6) is -0.761. The van der Waals surface area contributed by atoms with Crippen molar-refractivity contribution in [3.8, 4) is 0 Å². The van der Waals surface area contributed by atoms with Gasteiger partial charge in [-0.1, -0.05) is 49.6 Å². The summed E-state index contributed by atoms with van der Waals surface area (Å²) < 4.78 is 9.90. The predicted molar refractivity (Wildman–Crippen MR) is 96.7 cm³/mol. The van der Waals surface area contributed by atoms with Crippen molar-refractivity contribution in [1.29, 1.82) is 0 Å². The van der Waals surface area contributed by atoms with Gasteiger partial charge < -0.3 is 14.6 Å². The fourth-order valence-electron chi connectivity index (χ4n) is 2.28. The molecular formula is C20H26O5. The Morgan fingerprint density at radius 2 is 2.04 bits per heavy atom. The summed E-state index contributed by atoms with van der Waals surface area (Å²) in [6.45, 7) is 6.99. The predicted octanol–water partition coefficient (Wildman–Crippen LogP) is 3.28. The number of hydrogen-bond donors (Lipinski definition) is 1. The number of carbonyl (C=O) groups excluding carboxylic acids is 2. The Labute approximate surface area is 149 Å². The van der Waals surface area contributed by atoms with Crippen molar-refractivity contribution in [2.24, 2.45) is 0 Å². The number of rotatable bonds is 6. The molecule has 0 radical (unpaired) electrons. The fraction of sp³-hybridized carbons (Fsp3) is 0.400. The van der Waals surface area contributed by atoms with Crippen molar-refractivity contribution in [3.63, 3.8) is 0 Å². The maximum atomic E-state index is 11.4. The molecule has 0 spiro atoms. The molecule has 1 aliphatic rings. The Bertz CT molecular complexity index is 565. The third kappa shape index (κ3) is 8.86. The summed E-state index contributed by atoms with van der Waals surface area (Å²) in [6, 6.07) is 10.0. The van der Waals surface area contributed by atoms with E-state index in [9.17, 15) is 9.59 Å². The molecule has 0 amide bonds. The fourth-order valence-corrected chi connectivity index (χ4v) is 2.28. The summed E-state index contributed by atoms with van der Waals surface area (Å²) in [7, 11) is 0. The van der Waals surface area contributed by atoms with E-state index in [-0.39, 0.29) is 30.9 Å². The molecule has 1 aromatic carbocycles. The van der Waals surface area contributed by atoms with Gasteiger partial charge in [0.15, 0.2) is 0 Å². The van der Waals surface area contributed by atoms with E-state index in [4.69, 9.17) is 14.6 Å². The van der Waals surface area contributed by atoms with Crippen molar-refractivity contribution in [2.75, 3.05) is 13.2 Å². The maximum absolute atomic E-state index is 11.4. The average molecular weight is 346 g/mol. The van der Waals surface area contributed by atoms with Crippen molar-refractivity contribution in [3.05, 3.63) is 54.6 Å². The molecule has 5 heteroatoms. The second-order valence-electron chi connectivity index (χ2n) is 5.64. The summed E-state index contributed by atoms with van der Waals surface area (Å²) in [6.07, 6.45) is 4.79. The van der Waals surface area contributed by atoms with E-state index >= 15 is 0 Å². The van der Waals surface area contributed by atoms with E-state index in [2.05, 4.69) is 13.2 Å². The van der Waals surface area contributed by atoms with Crippen LogP contribution in [-0.2, 0) is 19.1 Å². The van der Waals surface area contributed by atoms with E-state index in [1.54, 1.807) is 0 Å². The zero-order valence-electron chi connectivity index (χ0n) is 14.5. The lowest BCUT2D eigenvalue weighted by Crippen LogP contribution is -2.19. The molecular weight excluding hydrogens is 320 g/mol. The first-order valence-corrected chi connectivity index (χ1v) is 8.39. The van der Waals surface area contributed by atoms with Gasteiger partial charge in [-0.3, -0.25) is 4.79 Å². The van der Waals surface area contributed by atoms with Gasteiger partial charge in [-0.05, 0) is 24.8 Å². The third-order valence-electron chi connectivity index (χ3n) is 3.58. The Morgan fingerprint density at radius 3 is 2.64 bits per heavy atom. The molecule has 5 nitrogen and oxygen atoms in total. The first-order chi connectivity index (χ1) is 12.1. The minimum Gasteiger partial charge on any atom is -0.462 e. The first kappa shape index (κ1) is 20.6. The lowest BCUT2D eigenvalue weighted by Gasteiger charge is -2.15. The van der Waals surface area contributed by atoms with E-state index in [0.29, 0.717) is 12.8 Å². The molecule has 1 fully saturated rings. The molecule has 25 heavy (non-hydrogen) atoms. The molecule has 0 aliphatic carbocycles. The maximum Gasteiger partial charge on any atom is 0.333 e. The van der Waals surface area contributed by atoms with Crippen LogP contribution >= 0.6 is 0 Å². The average Bonchev–Trinajstić information content (AvgIpc) is 2.84. The van der Waals surface area contributed by atoms with Gasteiger partial charge in [0, 0.05) is 18.4 Å². The molecule has 1 unspecified atom stereocenters. The number of cyclic esters (lactones) is 1. The van der Waals surface area contributed by atoms with Gasteiger partial charge in [0.1, 0.15) is 12.7 Å². The van der Waals surface area contributed by atoms with E-state index in [1.165, 1.54) is 5.56 Å². The van der Waals surface area contributed by atoms with Gasteiger partial charge in [0.25, 0.3) is 0 Å². The number of hydrogen-bond acceptors (Lipinski definition) is 5. The summed E-state index contributed by atoms with van der Waals surface area (Å²) in [5, 5.41) is 8.51. The zero-order chi connectivity index (χ0) is 18.5. The summed E-state index contributed by atoms with van der Waals surface area (Å²) in [4.78, 5) is 22.6. The van der Waals surface area contributed by atoms with Crippen LogP contribution in [0, 0.1) is 0 Å². The molecule has 1 N–H and O–H groups in total. The van der Waals surface area contributed by atoms with Crippen molar-refractivity contribution >= 4 is 18.0 Å². The highest BCUT2D eigenvalue weighted by Crippen LogP contribution is 2.20. The number of aliphatic hydroxyl groups is 1. The van der Waals surface area contributed by atoms with E-state index in [0.717, 1.165) is 19.3 Å². The minimum absolute atomic E-state index is 0.0394. The highest BCUT2D eigenvalue weighted by atomic mass is 16.5. The Hall–Kier alpha value is -2.40. The molecule has 1 saturated heterocycles. The SMILES string of the molecule is C=C(CC1CCCCC(=O)O1)C(=O)OCCO.C=Cc1ccccc1. The van der Waals surface area contributed by atoms with E-state index < -0.39 is 5.97 Å². The number of benzene rings is 1. The van der Waals surface area contributed by atoms with Crippen molar-refractivity contribution < 1.29 is 24.2 Å². The standard InChI is InChI=1S/C12H18O5.C8H8/c1-9(12(15)16-7-6-13)8-10-4-2-3-5-11(14)17-10;1-2-8-6-4-3-5-7-8/h10,13H,1-8H2;2-7H,1H2. The largest absolute Gasteiger partial charge is 0.462 e. The Balaban J connectivity index is 0.000000324. The lowest BCUT2D eigenvalue weighted by atomic mass is 10.1. The van der Waals surface area contributed by atoms with Crippen LogP contribution in [-0.4, -0.2) is 36.4 Å². The highest BCUT2D eigenvalue weighted by molar-refractivity contribution is 5.87. The topological polar surface area (TPSA) is 72.8 Å². The molecule has 1 atom stereocenters. The van der Waals surface area contributed by atoms with Gasteiger partial charge in [0.05, 0.1) is 6.61 Å². The van der Waals surface area contributed by atoms with Crippen LogP contribution in [0.1, 0.15) is 37.7 Å². The number of esters is 2. The quantitative estimate of drug-likeness (QED) is 0.632. The smallest absolute Gasteiger partial charge is 0.333 e. The lowest BCUT2D eigenvalue weighted by molar-refractivity contribution is -0.149. The first-order valence-electron chi connectivity index (χ1n) is 8.39. The van der Waals surface area contributed by atoms with Crippen LogP contribution in [0.25, 0.3) is 6.08 Å². The van der Waals surface area contributed by atoms with Crippen LogP contribution in [0.4, 0.5) is 0 Å². The number of ether oxygens (including phenoxy) is 2. The van der Waals surface area contributed by atoms with Crippen LogP contribution < -0.4 is 0 Å². The minimum atomic E-state index is -0.542. The Morgan fingerprint density at radius 1 is 1.32 bits per heavy atom. The van der Waals surface area contributed by atoms with E-state index in [1.807, 2.05) is 36.4 Å².